The molecule has 0 aliphatic carbocycles. The Morgan fingerprint density at radius 3 is 2.47 bits per heavy atom. The van der Waals surface area contributed by atoms with Crippen molar-refractivity contribution in [3.8, 4) is 0 Å². The first-order valence-corrected chi connectivity index (χ1v) is 7.00. The van der Waals surface area contributed by atoms with Crippen LogP contribution in [0.15, 0.2) is 6.07 Å². The van der Waals surface area contributed by atoms with Gasteiger partial charge in [0.25, 0.3) is 0 Å². The van der Waals surface area contributed by atoms with Gasteiger partial charge in [-0.05, 0) is 6.07 Å². The van der Waals surface area contributed by atoms with Crippen LogP contribution in [0.2, 0.25) is 5.02 Å². The number of nitrogen functional groups attached to an aromatic ring is 2. The van der Waals surface area contributed by atoms with Gasteiger partial charge in [0.05, 0.1) is 17.1 Å². The molecule has 1 heterocycles. The van der Waals surface area contributed by atoms with E-state index in [4.69, 9.17) is 23.1 Å². The molecule has 2 rings (SSSR count). The van der Waals surface area contributed by atoms with Crippen LogP contribution >= 0.6 is 11.6 Å². The molecule has 0 saturated carbocycles. The maximum Gasteiger partial charge on any atom is 0.169 e. The lowest BCUT2D eigenvalue weighted by Crippen LogP contribution is -2.38. The number of hydrogen-bond acceptors (Lipinski definition) is 4. The Labute approximate surface area is 106 Å². The van der Waals surface area contributed by atoms with Crippen molar-refractivity contribution >= 4 is 39.5 Å². The van der Waals surface area contributed by atoms with Gasteiger partial charge in [0.15, 0.2) is 5.82 Å². The van der Waals surface area contributed by atoms with Crippen molar-refractivity contribution in [3.05, 3.63) is 16.9 Å². The van der Waals surface area contributed by atoms with Crippen LogP contribution < -0.4 is 16.4 Å². The molecule has 0 bridgehead atoms. The van der Waals surface area contributed by atoms with Gasteiger partial charge in [-0.3, -0.25) is 4.21 Å². The van der Waals surface area contributed by atoms with Crippen molar-refractivity contribution < 1.29 is 8.60 Å². The molecular formula is C10H13ClFN3OS. The zero-order chi connectivity index (χ0) is 12.6. The zero-order valence-electron chi connectivity index (χ0n) is 9.08. The number of nitrogens with zero attached hydrogens (tertiary/aromatic N) is 1. The standard InChI is InChI=1S/C10H13ClFN3OS/c11-8-6(13)5-7(14)10(9(8)12)15-1-3-17(16)4-2-15/h5H,1-4,13-14H2. The van der Waals surface area contributed by atoms with Crippen molar-refractivity contribution in [1.29, 1.82) is 0 Å². The second-order valence-corrected chi connectivity index (χ2v) is 5.94. The molecule has 4 nitrogen and oxygen atoms in total. The Balaban J connectivity index is 2.38. The molecule has 1 aliphatic heterocycles. The van der Waals surface area contributed by atoms with Crippen LogP contribution in [0, 0.1) is 5.82 Å². The highest BCUT2D eigenvalue weighted by molar-refractivity contribution is 7.85. The normalized spacial score (nSPS) is 17.4. The zero-order valence-corrected chi connectivity index (χ0v) is 10.7. The van der Waals surface area contributed by atoms with Gasteiger partial charge in [-0.1, -0.05) is 11.6 Å². The van der Waals surface area contributed by atoms with Crippen molar-refractivity contribution in [3.63, 3.8) is 0 Å². The van der Waals surface area contributed by atoms with Crippen LogP contribution in [0.4, 0.5) is 21.5 Å². The van der Waals surface area contributed by atoms with E-state index in [1.807, 2.05) is 0 Å². The Morgan fingerprint density at radius 2 is 1.88 bits per heavy atom. The summed E-state index contributed by atoms with van der Waals surface area (Å²) in [6, 6.07) is 1.45. The van der Waals surface area contributed by atoms with Gasteiger partial charge in [0, 0.05) is 35.4 Å². The monoisotopic (exact) mass is 277 g/mol. The lowest BCUT2D eigenvalue weighted by molar-refractivity contribution is 0.619. The lowest BCUT2D eigenvalue weighted by Gasteiger charge is -2.30. The maximum absolute atomic E-state index is 14.0. The topological polar surface area (TPSA) is 72.3 Å². The molecule has 0 spiro atoms. The smallest absolute Gasteiger partial charge is 0.169 e. The Bertz CT molecular complexity index is 473. The molecule has 4 N–H and O–H groups in total. The third-order valence-electron chi connectivity index (χ3n) is 2.73. The van der Waals surface area contributed by atoms with Gasteiger partial charge in [-0.15, -0.1) is 0 Å². The summed E-state index contributed by atoms with van der Waals surface area (Å²) >= 11 is 5.76. The van der Waals surface area contributed by atoms with E-state index in [0.717, 1.165) is 0 Å². The largest absolute Gasteiger partial charge is 0.397 e. The number of halogens is 2. The molecule has 1 aromatic rings. The molecule has 94 valence electrons. The number of anilines is 3. The minimum atomic E-state index is -0.820. The number of benzene rings is 1. The van der Waals surface area contributed by atoms with Gasteiger partial charge >= 0.3 is 0 Å². The first-order chi connectivity index (χ1) is 8.00. The van der Waals surface area contributed by atoms with Crippen LogP contribution in [-0.2, 0) is 10.8 Å². The van der Waals surface area contributed by atoms with Gasteiger partial charge < -0.3 is 16.4 Å². The number of rotatable bonds is 1. The third-order valence-corrected chi connectivity index (χ3v) is 4.39. The second-order valence-electron chi connectivity index (χ2n) is 3.87. The van der Waals surface area contributed by atoms with Crippen molar-refractivity contribution in [1.82, 2.24) is 0 Å². The minimum absolute atomic E-state index is 0.110. The first kappa shape index (κ1) is 12.4. The Kier molecular flexibility index (Phi) is 3.44. The van der Waals surface area contributed by atoms with Gasteiger partial charge in [-0.25, -0.2) is 4.39 Å². The highest BCUT2D eigenvalue weighted by Crippen LogP contribution is 2.36. The molecule has 0 unspecified atom stereocenters. The minimum Gasteiger partial charge on any atom is -0.397 e. The lowest BCUT2D eigenvalue weighted by atomic mass is 10.2. The summed E-state index contributed by atoms with van der Waals surface area (Å²) in [6.07, 6.45) is 0. The summed E-state index contributed by atoms with van der Waals surface area (Å²) in [5, 5.41) is -0.110. The van der Waals surface area contributed by atoms with E-state index in [2.05, 4.69) is 0 Å². The molecule has 1 aromatic carbocycles. The molecule has 1 aliphatic rings. The average molecular weight is 278 g/mol. The van der Waals surface area contributed by atoms with Crippen LogP contribution in [0.5, 0.6) is 0 Å². The van der Waals surface area contributed by atoms with Gasteiger partial charge in [-0.2, -0.15) is 0 Å². The predicted molar refractivity (Wildman–Crippen MR) is 70.3 cm³/mol. The van der Waals surface area contributed by atoms with E-state index in [1.54, 1.807) is 4.90 Å². The molecule has 7 heteroatoms. The summed E-state index contributed by atoms with van der Waals surface area (Å²) in [6.45, 7) is 1.02. The Hall–Kier alpha value is -1.01. The van der Waals surface area contributed by atoms with Crippen LogP contribution in [0.25, 0.3) is 0 Å². The van der Waals surface area contributed by atoms with E-state index in [-0.39, 0.29) is 22.1 Å². The van der Waals surface area contributed by atoms with Crippen molar-refractivity contribution in [2.45, 2.75) is 0 Å². The van der Waals surface area contributed by atoms with Crippen LogP contribution in [0.3, 0.4) is 0 Å². The van der Waals surface area contributed by atoms with E-state index >= 15 is 0 Å². The van der Waals surface area contributed by atoms with E-state index < -0.39 is 16.6 Å². The fourth-order valence-electron chi connectivity index (χ4n) is 1.84. The van der Waals surface area contributed by atoms with E-state index in [0.29, 0.717) is 24.6 Å². The fourth-order valence-corrected chi connectivity index (χ4v) is 3.04. The molecular weight excluding hydrogens is 265 g/mol. The summed E-state index contributed by atoms with van der Waals surface area (Å²) in [7, 11) is -0.820. The molecule has 0 aromatic heterocycles. The summed E-state index contributed by atoms with van der Waals surface area (Å²) < 4.78 is 25.2. The highest BCUT2D eigenvalue weighted by atomic mass is 35.5. The van der Waals surface area contributed by atoms with Crippen LogP contribution in [-0.4, -0.2) is 28.8 Å². The molecule has 1 fully saturated rings. The average Bonchev–Trinajstić information content (AvgIpc) is 2.29. The van der Waals surface area contributed by atoms with Gasteiger partial charge in [0.2, 0.25) is 0 Å². The molecule has 17 heavy (non-hydrogen) atoms. The molecule has 0 atom stereocenters. The van der Waals surface area contributed by atoms with E-state index in [9.17, 15) is 8.60 Å². The van der Waals surface area contributed by atoms with Crippen molar-refractivity contribution in [2.75, 3.05) is 41.0 Å². The van der Waals surface area contributed by atoms with Crippen LogP contribution in [0.1, 0.15) is 0 Å². The first-order valence-electron chi connectivity index (χ1n) is 5.13. The quantitative estimate of drug-likeness (QED) is 0.757. The summed E-state index contributed by atoms with van der Waals surface area (Å²) in [5.41, 5.74) is 11.9. The highest BCUT2D eigenvalue weighted by Gasteiger charge is 2.23. The van der Waals surface area contributed by atoms with E-state index in [1.165, 1.54) is 6.07 Å². The molecule has 1 saturated heterocycles. The summed E-state index contributed by atoms with van der Waals surface area (Å²) in [5.74, 6) is 0.429. The van der Waals surface area contributed by atoms with Crippen molar-refractivity contribution in [2.24, 2.45) is 0 Å². The SMILES string of the molecule is Nc1cc(N)c(N2CCS(=O)CC2)c(F)c1Cl. The van der Waals surface area contributed by atoms with Gasteiger partial charge in [0.1, 0.15) is 5.02 Å². The molecule has 0 amide bonds. The predicted octanol–water partition coefficient (Wildman–Crippen LogP) is 1.21. The number of nitrogens with two attached hydrogens (primary N) is 2. The third kappa shape index (κ3) is 2.32. The second kappa shape index (κ2) is 4.70. The fraction of sp³-hybridized carbons (Fsp3) is 0.400. The Morgan fingerprint density at radius 1 is 1.29 bits per heavy atom. The number of hydrogen-bond donors (Lipinski definition) is 2. The maximum atomic E-state index is 14.0. The summed E-state index contributed by atoms with van der Waals surface area (Å²) in [4.78, 5) is 1.76. The molecule has 0 radical (unpaired) electrons.